The average Bonchev–Trinajstić information content (AvgIpc) is 2.44. The minimum absolute atomic E-state index is 0.151. The second kappa shape index (κ2) is 5.24. The topological polar surface area (TPSA) is 41.5 Å². The second-order valence-electron chi connectivity index (χ2n) is 7.86. The van der Waals surface area contributed by atoms with Crippen LogP contribution in [0.3, 0.4) is 0 Å². The van der Waals surface area contributed by atoms with E-state index in [1.54, 1.807) is 0 Å². The van der Waals surface area contributed by atoms with Crippen molar-refractivity contribution < 1.29 is 9.84 Å². The summed E-state index contributed by atoms with van der Waals surface area (Å²) in [7, 11) is 0. The first-order valence-corrected chi connectivity index (χ1v) is 8.78. The summed E-state index contributed by atoms with van der Waals surface area (Å²) in [4.78, 5) is 0. The zero-order valence-electron chi connectivity index (χ0n) is 13.5. The SMILES string of the molecule is CCOc1ccccc1CNC12C[C@@H]3C[C@H](CC(O)(C3)C1)C2. The van der Waals surface area contributed by atoms with E-state index in [1.807, 2.05) is 19.1 Å². The minimum Gasteiger partial charge on any atom is -0.494 e. The highest BCUT2D eigenvalue weighted by molar-refractivity contribution is 5.33. The number of benzene rings is 1. The Morgan fingerprint density at radius 3 is 2.59 bits per heavy atom. The van der Waals surface area contributed by atoms with E-state index in [2.05, 4.69) is 17.4 Å². The van der Waals surface area contributed by atoms with Crippen molar-refractivity contribution in [3.05, 3.63) is 29.8 Å². The number of hydrogen-bond donors (Lipinski definition) is 2. The second-order valence-corrected chi connectivity index (χ2v) is 7.86. The molecule has 5 rings (SSSR count). The summed E-state index contributed by atoms with van der Waals surface area (Å²) in [6.07, 6.45) is 6.81. The Labute approximate surface area is 133 Å². The molecule has 3 nitrogen and oxygen atoms in total. The molecule has 2 N–H and O–H groups in total. The third kappa shape index (κ3) is 2.55. The Kier molecular flexibility index (Phi) is 3.46. The summed E-state index contributed by atoms with van der Waals surface area (Å²) in [6.45, 7) is 3.57. The van der Waals surface area contributed by atoms with E-state index in [4.69, 9.17) is 4.74 Å². The van der Waals surface area contributed by atoms with Gasteiger partial charge in [0.15, 0.2) is 0 Å². The average molecular weight is 301 g/mol. The van der Waals surface area contributed by atoms with E-state index in [0.717, 1.165) is 43.4 Å². The quantitative estimate of drug-likeness (QED) is 0.877. The number of para-hydroxylation sites is 1. The van der Waals surface area contributed by atoms with E-state index in [1.165, 1.54) is 24.8 Å². The van der Waals surface area contributed by atoms with Crippen LogP contribution in [0.5, 0.6) is 5.75 Å². The van der Waals surface area contributed by atoms with Crippen LogP contribution in [0.2, 0.25) is 0 Å². The van der Waals surface area contributed by atoms with Crippen molar-refractivity contribution in [1.29, 1.82) is 0 Å². The van der Waals surface area contributed by atoms with Crippen LogP contribution >= 0.6 is 0 Å². The molecule has 0 unspecified atom stereocenters. The number of rotatable bonds is 5. The fourth-order valence-electron chi connectivity index (χ4n) is 5.65. The molecular weight excluding hydrogens is 274 g/mol. The van der Waals surface area contributed by atoms with Crippen LogP contribution < -0.4 is 10.1 Å². The zero-order valence-corrected chi connectivity index (χ0v) is 13.5. The third-order valence-corrected chi connectivity index (χ3v) is 5.96. The van der Waals surface area contributed by atoms with Gasteiger partial charge in [-0.3, -0.25) is 0 Å². The number of nitrogens with one attached hydrogen (secondary N) is 1. The third-order valence-electron chi connectivity index (χ3n) is 5.96. The van der Waals surface area contributed by atoms with Gasteiger partial charge in [0, 0.05) is 17.6 Å². The number of ether oxygens (including phenoxy) is 1. The van der Waals surface area contributed by atoms with Crippen molar-refractivity contribution in [3.63, 3.8) is 0 Å². The van der Waals surface area contributed by atoms with Gasteiger partial charge in [-0.25, -0.2) is 0 Å². The van der Waals surface area contributed by atoms with Gasteiger partial charge in [-0.1, -0.05) is 18.2 Å². The van der Waals surface area contributed by atoms with Gasteiger partial charge in [-0.15, -0.1) is 0 Å². The minimum atomic E-state index is -0.392. The molecule has 0 aliphatic heterocycles. The van der Waals surface area contributed by atoms with Crippen LogP contribution in [0.4, 0.5) is 0 Å². The van der Waals surface area contributed by atoms with Gasteiger partial charge < -0.3 is 15.2 Å². The monoisotopic (exact) mass is 301 g/mol. The van der Waals surface area contributed by atoms with Crippen LogP contribution in [0.1, 0.15) is 51.0 Å². The van der Waals surface area contributed by atoms with Crippen LogP contribution in [-0.4, -0.2) is 22.9 Å². The molecule has 1 aromatic rings. The highest BCUT2D eigenvalue weighted by atomic mass is 16.5. The smallest absolute Gasteiger partial charge is 0.123 e. The van der Waals surface area contributed by atoms with Gasteiger partial charge in [0.25, 0.3) is 0 Å². The molecule has 2 atom stereocenters. The molecule has 4 bridgehead atoms. The molecule has 1 aromatic carbocycles. The predicted molar refractivity (Wildman–Crippen MR) is 86.8 cm³/mol. The van der Waals surface area contributed by atoms with Crippen molar-refractivity contribution in [2.45, 2.75) is 63.1 Å². The van der Waals surface area contributed by atoms with E-state index in [9.17, 15) is 5.11 Å². The first kappa shape index (κ1) is 14.5. The standard InChI is InChI=1S/C19H27NO2/c1-2-22-17-6-4-3-5-16(17)12-20-18-8-14-7-15(9-18)11-19(21,10-14)13-18/h3-6,14-15,20-21H,2,7-13H2,1H3/t14-,15-,18?,19?/m0/s1. The van der Waals surface area contributed by atoms with Crippen LogP contribution in [0.25, 0.3) is 0 Å². The summed E-state index contributed by atoms with van der Waals surface area (Å²) >= 11 is 0. The van der Waals surface area contributed by atoms with Crippen molar-refractivity contribution >= 4 is 0 Å². The van der Waals surface area contributed by atoms with Crippen molar-refractivity contribution in [1.82, 2.24) is 5.32 Å². The molecule has 120 valence electrons. The van der Waals surface area contributed by atoms with E-state index in [0.29, 0.717) is 6.61 Å². The van der Waals surface area contributed by atoms with E-state index in [-0.39, 0.29) is 5.54 Å². The first-order chi connectivity index (χ1) is 10.6. The molecule has 22 heavy (non-hydrogen) atoms. The lowest BCUT2D eigenvalue weighted by Crippen LogP contribution is -2.64. The summed E-state index contributed by atoms with van der Waals surface area (Å²) < 4.78 is 5.74. The Hall–Kier alpha value is -1.06. The van der Waals surface area contributed by atoms with Gasteiger partial charge in [-0.05, 0) is 63.4 Å². The summed E-state index contributed by atoms with van der Waals surface area (Å²) in [5.74, 6) is 2.43. The maximum Gasteiger partial charge on any atom is 0.123 e. The lowest BCUT2D eigenvalue weighted by Gasteiger charge is -2.60. The Balaban J connectivity index is 1.50. The van der Waals surface area contributed by atoms with Crippen LogP contribution in [0.15, 0.2) is 24.3 Å². The first-order valence-electron chi connectivity index (χ1n) is 8.78. The highest BCUT2D eigenvalue weighted by Gasteiger charge is 2.56. The van der Waals surface area contributed by atoms with Gasteiger partial charge in [0.2, 0.25) is 0 Å². The molecule has 4 aliphatic carbocycles. The summed E-state index contributed by atoms with van der Waals surface area (Å²) in [5.41, 5.74) is 0.987. The Morgan fingerprint density at radius 1 is 1.18 bits per heavy atom. The molecule has 4 saturated carbocycles. The molecule has 0 spiro atoms. The van der Waals surface area contributed by atoms with Crippen molar-refractivity contribution in [2.24, 2.45) is 11.8 Å². The Morgan fingerprint density at radius 2 is 1.91 bits per heavy atom. The van der Waals surface area contributed by atoms with Gasteiger partial charge >= 0.3 is 0 Å². The van der Waals surface area contributed by atoms with Gasteiger partial charge in [0.1, 0.15) is 5.75 Å². The molecule has 4 fully saturated rings. The highest BCUT2D eigenvalue weighted by Crippen LogP contribution is 2.57. The maximum atomic E-state index is 10.8. The molecular formula is C19H27NO2. The van der Waals surface area contributed by atoms with E-state index >= 15 is 0 Å². The fraction of sp³-hybridized carbons (Fsp3) is 0.684. The largest absolute Gasteiger partial charge is 0.494 e. The lowest BCUT2D eigenvalue weighted by atomic mass is 9.51. The van der Waals surface area contributed by atoms with Crippen LogP contribution in [-0.2, 0) is 6.54 Å². The molecule has 0 heterocycles. The Bertz CT molecular complexity index is 542. The predicted octanol–water partition coefficient (Wildman–Crippen LogP) is 3.26. The molecule has 0 amide bonds. The molecule has 0 radical (unpaired) electrons. The van der Waals surface area contributed by atoms with Gasteiger partial charge in [0.05, 0.1) is 12.2 Å². The summed E-state index contributed by atoms with van der Waals surface area (Å²) in [5, 5.41) is 14.7. The maximum absolute atomic E-state index is 10.8. The molecule has 3 heteroatoms. The normalized spacial score (nSPS) is 39.2. The molecule has 4 aliphatic rings. The lowest BCUT2D eigenvalue weighted by molar-refractivity contribution is -0.142. The number of aliphatic hydroxyl groups is 1. The summed E-state index contributed by atoms with van der Waals surface area (Å²) in [6, 6.07) is 8.30. The van der Waals surface area contributed by atoms with E-state index < -0.39 is 5.60 Å². The fourth-order valence-corrected chi connectivity index (χ4v) is 5.65. The molecule has 0 saturated heterocycles. The van der Waals surface area contributed by atoms with Crippen molar-refractivity contribution in [3.8, 4) is 5.75 Å². The van der Waals surface area contributed by atoms with Crippen LogP contribution in [0, 0.1) is 11.8 Å². The van der Waals surface area contributed by atoms with Crippen molar-refractivity contribution in [2.75, 3.05) is 6.61 Å². The van der Waals surface area contributed by atoms with Gasteiger partial charge in [-0.2, -0.15) is 0 Å². The zero-order chi connectivity index (χ0) is 15.2. The number of hydrogen-bond acceptors (Lipinski definition) is 3. The molecule has 0 aromatic heterocycles.